The number of aromatic nitrogens is 2. The van der Waals surface area contributed by atoms with Gasteiger partial charge in [0.25, 0.3) is 0 Å². The lowest BCUT2D eigenvalue weighted by molar-refractivity contribution is 0.341. The second-order valence-corrected chi connectivity index (χ2v) is 4.07. The van der Waals surface area contributed by atoms with E-state index in [0.717, 1.165) is 19.5 Å². The summed E-state index contributed by atoms with van der Waals surface area (Å²) in [6, 6.07) is 0.621. The van der Waals surface area contributed by atoms with E-state index in [1.54, 1.807) is 0 Å². The Bertz CT molecular complexity index is 297. The molecule has 1 N–H and O–H groups in total. The van der Waals surface area contributed by atoms with Crippen LogP contribution in [0, 0.1) is 6.92 Å². The predicted octanol–water partition coefficient (Wildman–Crippen LogP) is 1.68. The van der Waals surface area contributed by atoms with Gasteiger partial charge in [-0.15, -0.1) is 0 Å². The average molecular weight is 193 g/mol. The number of rotatable bonds is 2. The summed E-state index contributed by atoms with van der Waals surface area (Å²) in [5.41, 5.74) is 2.59. The number of nitrogens with zero attached hydrogens (tertiary/aromatic N) is 2. The molecule has 1 saturated heterocycles. The monoisotopic (exact) mass is 193 g/mol. The minimum absolute atomic E-state index is 0.621. The van der Waals surface area contributed by atoms with Gasteiger partial charge < -0.3 is 5.32 Å². The number of hydrogen-bond donors (Lipinski definition) is 1. The molecule has 14 heavy (non-hydrogen) atoms. The minimum atomic E-state index is 0.621. The van der Waals surface area contributed by atoms with Crippen molar-refractivity contribution in [3.8, 4) is 0 Å². The molecule has 0 bridgehead atoms. The Morgan fingerprint density at radius 1 is 1.50 bits per heavy atom. The van der Waals surface area contributed by atoms with Crippen molar-refractivity contribution < 1.29 is 0 Å². The van der Waals surface area contributed by atoms with Crippen LogP contribution in [0.2, 0.25) is 0 Å². The summed E-state index contributed by atoms with van der Waals surface area (Å²) in [7, 11) is 0. The van der Waals surface area contributed by atoms with E-state index in [9.17, 15) is 0 Å². The molecule has 1 fully saturated rings. The third-order valence-corrected chi connectivity index (χ3v) is 3.03. The van der Waals surface area contributed by atoms with Gasteiger partial charge in [-0.1, -0.05) is 6.92 Å². The topological polar surface area (TPSA) is 29.9 Å². The molecule has 0 radical (unpaired) electrons. The summed E-state index contributed by atoms with van der Waals surface area (Å²) in [4.78, 5) is 0. The third kappa shape index (κ3) is 1.82. The highest BCUT2D eigenvalue weighted by Crippen LogP contribution is 2.19. The standard InChI is InChI=1S/C11H19N3/c1-3-11-9(2)8-14(13-11)10-4-6-12-7-5-10/h8,10,12H,3-7H2,1-2H3. The molecular weight excluding hydrogens is 174 g/mol. The molecule has 0 aromatic carbocycles. The van der Waals surface area contributed by atoms with E-state index < -0.39 is 0 Å². The maximum atomic E-state index is 4.64. The Morgan fingerprint density at radius 2 is 2.21 bits per heavy atom. The lowest BCUT2D eigenvalue weighted by Crippen LogP contribution is -2.29. The molecule has 0 aliphatic carbocycles. The van der Waals surface area contributed by atoms with E-state index in [1.807, 2.05) is 0 Å². The van der Waals surface area contributed by atoms with E-state index in [-0.39, 0.29) is 0 Å². The minimum Gasteiger partial charge on any atom is -0.317 e. The third-order valence-electron chi connectivity index (χ3n) is 3.03. The summed E-state index contributed by atoms with van der Waals surface area (Å²) in [5, 5.41) is 8.02. The Hall–Kier alpha value is -0.830. The zero-order valence-electron chi connectivity index (χ0n) is 9.08. The van der Waals surface area contributed by atoms with Gasteiger partial charge in [0.1, 0.15) is 0 Å². The van der Waals surface area contributed by atoms with E-state index in [2.05, 4.69) is 35.1 Å². The summed E-state index contributed by atoms with van der Waals surface area (Å²) >= 11 is 0. The maximum Gasteiger partial charge on any atom is 0.0651 e. The number of nitrogens with one attached hydrogen (secondary N) is 1. The van der Waals surface area contributed by atoms with Crippen molar-refractivity contribution in [3.63, 3.8) is 0 Å². The highest BCUT2D eigenvalue weighted by Gasteiger charge is 2.16. The van der Waals surface area contributed by atoms with Crippen molar-refractivity contribution in [2.45, 2.75) is 39.2 Å². The molecule has 78 valence electrons. The molecule has 0 amide bonds. The second-order valence-electron chi connectivity index (χ2n) is 4.07. The fourth-order valence-corrected chi connectivity index (χ4v) is 2.13. The predicted molar refractivity (Wildman–Crippen MR) is 57.5 cm³/mol. The van der Waals surface area contributed by atoms with E-state index in [1.165, 1.54) is 24.1 Å². The normalized spacial score (nSPS) is 18.7. The quantitative estimate of drug-likeness (QED) is 0.774. The molecule has 3 nitrogen and oxygen atoms in total. The highest BCUT2D eigenvalue weighted by atomic mass is 15.3. The van der Waals surface area contributed by atoms with Gasteiger partial charge in [-0.2, -0.15) is 5.10 Å². The maximum absolute atomic E-state index is 4.64. The van der Waals surface area contributed by atoms with Crippen LogP contribution in [0.15, 0.2) is 6.20 Å². The van der Waals surface area contributed by atoms with Crippen LogP contribution in [0.25, 0.3) is 0 Å². The molecule has 1 aromatic rings. The molecule has 1 aromatic heterocycles. The van der Waals surface area contributed by atoms with Gasteiger partial charge >= 0.3 is 0 Å². The van der Waals surface area contributed by atoms with Gasteiger partial charge in [0.15, 0.2) is 0 Å². The van der Waals surface area contributed by atoms with Crippen molar-refractivity contribution in [2.24, 2.45) is 0 Å². The van der Waals surface area contributed by atoms with Crippen molar-refractivity contribution in [1.29, 1.82) is 0 Å². The first kappa shape index (κ1) is 9.71. The summed E-state index contributed by atoms with van der Waals surface area (Å²) < 4.78 is 2.18. The van der Waals surface area contributed by atoms with Crippen LogP contribution in [-0.4, -0.2) is 22.9 Å². The lowest BCUT2D eigenvalue weighted by Gasteiger charge is -2.22. The molecule has 0 spiro atoms. The first-order chi connectivity index (χ1) is 6.81. The molecule has 3 heteroatoms. The fourth-order valence-electron chi connectivity index (χ4n) is 2.13. The van der Waals surface area contributed by atoms with Crippen molar-refractivity contribution in [1.82, 2.24) is 15.1 Å². The van der Waals surface area contributed by atoms with Crippen LogP contribution in [0.4, 0.5) is 0 Å². The van der Waals surface area contributed by atoms with E-state index in [4.69, 9.17) is 0 Å². The molecule has 0 atom stereocenters. The van der Waals surface area contributed by atoms with Gasteiger partial charge in [0.2, 0.25) is 0 Å². The number of hydrogen-bond acceptors (Lipinski definition) is 2. The smallest absolute Gasteiger partial charge is 0.0651 e. The van der Waals surface area contributed by atoms with Crippen molar-refractivity contribution in [3.05, 3.63) is 17.5 Å². The largest absolute Gasteiger partial charge is 0.317 e. The molecule has 2 rings (SSSR count). The molecule has 0 unspecified atom stereocenters. The summed E-state index contributed by atoms with van der Waals surface area (Å²) in [6.07, 6.45) is 5.67. The SMILES string of the molecule is CCc1nn(C2CCNCC2)cc1C. The van der Waals surface area contributed by atoms with Crippen LogP contribution < -0.4 is 5.32 Å². The zero-order valence-corrected chi connectivity index (χ0v) is 9.08. The summed E-state index contributed by atoms with van der Waals surface area (Å²) in [5.74, 6) is 0. The molecule has 2 heterocycles. The van der Waals surface area contributed by atoms with Gasteiger partial charge in [-0.05, 0) is 44.8 Å². The van der Waals surface area contributed by atoms with Gasteiger partial charge in [0.05, 0.1) is 11.7 Å². The van der Waals surface area contributed by atoms with Gasteiger partial charge in [-0.25, -0.2) is 0 Å². The van der Waals surface area contributed by atoms with Crippen LogP contribution in [0.5, 0.6) is 0 Å². The fraction of sp³-hybridized carbons (Fsp3) is 0.727. The molecular formula is C11H19N3. The summed E-state index contributed by atoms with van der Waals surface area (Å²) in [6.45, 7) is 6.58. The van der Waals surface area contributed by atoms with Gasteiger partial charge in [-0.3, -0.25) is 4.68 Å². The molecule has 0 saturated carbocycles. The Balaban J connectivity index is 2.14. The van der Waals surface area contributed by atoms with Crippen LogP contribution in [0.1, 0.15) is 37.1 Å². The number of piperidine rings is 1. The first-order valence-electron chi connectivity index (χ1n) is 5.56. The van der Waals surface area contributed by atoms with E-state index >= 15 is 0 Å². The van der Waals surface area contributed by atoms with Gasteiger partial charge in [0, 0.05) is 6.20 Å². The van der Waals surface area contributed by atoms with Crippen molar-refractivity contribution in [2.75, 3.05) is 13.1 Å². The Morgan fingerprint density at radius 3 is 2.79 bits per heavy atom. The molecule has 1 aliphatic rings. The number of aryl methyl sites for hydroxylation is 2. The first-order valence-corrected chi connectivity index (χ1v) is 5.56. The van der Waals surface area contributed by atoms with Crippen molar-refractivity contribution >= 4 is 0 Å². The molecule has 1 aliphatic heterocycles. The van der Waals surface area contributed by atoms with Crippen LogP contribution >= 0.6 is 0 Å². The Kier molecular flexibility index (Phi) is 2.87. The zero-order chi connectivity index (χ0) is 9.97. The van der Waals surface area contributed by atoms with E-state index in [0.29, 0.717) is 6.04 Å². The van der Waals surface area contributed by atoms with Crippen LogP contribution in [-0.2, 0) is 6.42 Å². The highest BCUT2D eigenvalue weighted by molar-refractivity contribution is 5.14. The second kappa shape index (κ2) is 4.13. The Labute approximate surface area is 85.5 Å². The van der Waals surface area contributed by atoms with Crippen LogP contribution in [0.3, 0.4) is 0 Å². The lowest BCUT2D eigenvalue weighted by atomic mass is 10.1. The average Bonchev–Trinajstić information content (AvgIpc) is 2.61.